The first-order chi connectivity index (χ1) is 12.9. The van der Waals surface area contributed by atoms with Crippen LogP contribution in [-0.4, -0.2) is 63.2 Å². The molecule has 7 nitrogen and oxygen atoms in total. The average Bonchev–Trinajstić information content (AvgIpc) is 3.01. The first kappa shape index (κ1) is 20.3. The summed E-state index contributed by atoms with van der Waals surface area (Å²) in [5.41, 5.74) is 2.59. The van der Waals surface area contributed by atoms with Crippen molar-refractivity contribution in [1.82, 2.24) is 14.7 Å². The van der Waals surface area contributed by atoms with Crippen molar-refractivity contribution in [3.63, 3.8) is 0 Å². The second-order valence-electron chi connectivity index (χ2n) is 8.06. The highest BCUT2D eigenvalue weighted by Gasteiger charge is 2.38. The van der Waals surface area contributed by atoms with Crippen LogP contribution in [0.15, 0.2) is 0 Å². The third kappa shape index (κ3) is 3.91. The standard InChI is InChI=1S/C20H33N3O4/c1-4-23-18(16-13-14(2)27-15(3)17(16)21-23)19(26)22-9-5-20(6-10-22,7-11-24)8-12-25/h14-15,24-25H,4-13H2,1-3H3/t14-,15+/m0/s1. The molecule has 0 unspecified atom stereocenters. The molecule has 0 spiro atoms. The molecule has 0 aromatic carbocycles. The number of aromatic nitrogens is 2. The van der Waals surface area contributed by atoms with Crippen LogP contribution in [0.25, 0.3) is 0 Å². The molecule has 2 atom stereocenters. The molecule has 152 valence electrons. The number of aryl methyl sites for hydroxylation is 1. The van der Waals surface area contributed by atoms with E-state index >= 15 is 0 Å². The minimum absolute atomic E-state index is 0.0495. The summed E-state index contributed by atoms with van der Waals surface area (Å²) in [5, 5.41) is 23.5. The number of ether oxygens (including phenoxy) is 1. The summed E-state index contributed by atoms with van der Waals surface area (Å²) in [5.74, 6) is 0.0495. The number of hydrogen-bond donors (Lipinski definition) is 2. The van der Waals surface area contributed by atoms with Crippen LogP contribution in [0, 0.1) is 5.41 Å². The van der Waals surface area contributed by atoms with E-state index in [1.165, 1.54) is 0 Å². The summed E-state index contributed by atoms with van der Waals surface area (Å²) in [6, 6.07) is 0. The second-order valence-corrected chi connectivity index (χ2v) is 8.06. The zero-order valence-electron chi connectivity index (χ0n) is 16.8. The first-order valence-corrected chi connectivity index (χ1v) is 10.2. The lowest BCUT2D eigenvalue weighted by atomic mass is 9.73. The summed E-state index contributed by atoms with van der Waals surface area (Å²) in [7, 11) is 0. The number of hydrogen-bond acceptors (Lipinski definition) is 5. The van der Waals surface area contributed by atoms with Gasteiger partial charge in [0, 0.05) is 44.8 Å². The molecule has 27 heavy (non-hydrogen) atoms. The number of amides is 1. The minimum Gasteiger partial charge on any atom is -0.396 e. The Morgan fingerprint density at radius 2 is 1.85 bits per heavy atom. The van der Waals surface area contributed by atoms with Gasteiger partial charge in [0.1, 0.15) is 5.69 Å². The highest BCUT2D eigenvalue weighted by molar-refractivity contribution is 5.94. The Kier molecular flexibility index (Phi) is 6.23. The van der Waals surface area contributed by atoms with Crippen molar-refractivity contribution in [2.45, 2.75) is 71.6 Å². The van der Waals surface area contributed by atoms with Gasteiger partial charge >= 0.3 is 0 Å². The van der Waals surface area contributed by atoms with Crippen molar-refractivity contribution in [2.75, 3.05) is 26.3 Å². The Labute approximate surface area is 161 Å². The Morgan fingerprint density at radius 1 is 1.22 bits per heavy atom. The molecule has 0 saturated carbocycles. The summed E-state index contributed by atoms with van der Waals surface area (Å²) < 4.78 is 7.71. The smallest absolute Gasteiger partial charge is 0.272 e. The number of aliphatic hydroxyl groups excluding tert-OH is 2. The van der Waals surface area contributed by atoms with Gasteiger partial charge in [0.25, 0.3) is 5.91 Å². The van der Waals surface area contributed by atoms with Crippen LogP contribution in [0.1, 0.15) is 74.3 Å². The number of carbonyl (C=O) groups is 1. The molecule has 0 radical (unpaired) electrons. The van der Waals surface area contributed by atoms with E-state index in [0.29, 0.717) is 44.6 Å². The number of fused-ring (bicyclic) bond motifs is 1. The lowest BCUT2D eigenvalue weighted by molar-refractivity contribution is -0.00719. The molecule has 2 aliphatic rings. The Morgan fingerprint density at radius 3 is 2.41 bits per heavy atom. The third-order valence-corrected chi connectivity index (χ3v) is 6.29. The van der Waals surface area contributed by atoms with Gasteiger partial charge in [-0.3, -0.25) is 9.48 Å². The van der Waals surface area contributed by atoms with E-state index in [1.807, 2.05) is 30.4 Å². The molecule has 1 saturated heterocycles. The second kappa shape index (κ2) is 8.29. The first-order valence-electron chi connectivity index (χ1n) is 10.2. The molecule has 7 heteroatoms. The van der Waals surface area contributed by atoms with Crippen LogP contribution in [-0.2, 0) is 17.7 Å². The lowest BCUT2D eigenvalue weighted by Crippen LogP contribution is -2.44. The van der Waals surface area contributed by atoms with E-state index in [0.717, 1.165) is 24.1 Å². The van der Waals surface area contributed by atoms with E-state index in [-0.39, 0.29) is 36.7 Å². The van der Waals surface area contributed by atoms with Gasteiger partial charge in [0.05, 0.1) is 17.9 Å². The number of aliphatic hydroxyl groups is 2. The summed E-state index contributed by atoms with van der Waals surface area (Å²) >= 11 is 0. The molecule has 0 aliphatic carbocycles. The number of nitrogens with zero attached hydrogens (tertiary/aromatic N) is 3. The fraction of sp³-hybridized carbons (Fsp3) is 0.800. The molecular formula is C20H33N3O4. The van der Waals surface area contributed by atoms with Crippen LogP contribution in [0.2, 0.25) is 0 Å². The molecule has 3 heterocycles. The molecule has 2 N–H and O–H groups in total. The molecule has 1 aromatic rings. The van der Waals surface area contributed by atoms with Crippen molar-refractivity contribution in [3.05, 3.63) is 17.0 Å². The highest BCUT2D eigenvalue weighted by Crippen LogP contribution is 2.39. The van der Waals surface area contributed by atoms with E-state index in [1.54, 1.807) is 0 Å². The fourth-order valence-corrected chi connectivity index (χ4v) is 4.70. The van der Waals surface area contributed by atoms with Crippen molar-refractivity contribution in [2.24, 2.45) is 5.41 Å². The maximum atomic E-state index is 13.4. The largest absolute Gasteiger partial charge is 0.396 e. The van der Waals surface area contributed by atoms with Crippen molar-refractivity contribution < 1.29 is 19.7 Å². The van der Waals surface area contributed by atoms with Crippen molar-refractivity contribution >= 4 is 5.91 Å². The Hall–Kier alpha value is -1.44. The zero-order chi connectivity index (χ0) is 19.6. The van der Waals surface area contributed by atoms with Gasteiger partial charge in [-0.05, 0) is 51.9 Å². The van der Waals surface area contributed by atoms with Crippen LogP contribution in [0.3, 0.4) is 0 Å². The zero-order valence-corrected chi connectivity index (χ0v) is 16.8. The number of rotatable bonds is 6. The Bertz CT molecular complexity index is 656. The minimum atomic E-state index is -0.0915. The normalized spacial score (nSPS) is 24.7. The van der Waals surface area contributed by atoms with Crippen LogP contribution in [0.4, 0.5) is 0 Å². The molecule has 1 fully saturated rings. The van der Waals surface area contributed by atoms with Crippen molar-refractivity contribution in [1.29, 1.82) is 0 Å². The monoisotopic (exact) mass is 379 g/mol. The van der Waals surface area contributed by atoms with Gasteiger partial charge in [-0.2, -0.15) is 5.10 Å². The molecule has 1 aromatic heterocycles. The SMILES string of the molecule is CCn1nc2c(c1C(=O)N1CCC(CCO)(CCO)CC1)C[C@H](C)O[C@@H]2C. The number of piperidine rings is 1. The molecule has 2 aliphatic heterocycles. The van der Waals surface area contributed by atoms with Gasteiger partial charge in [-0.1, -0.05) is 0 Å². The Balaban J connectivity index is 1.81. The topological polar surface area (TPSA) is 87.8 Å². The quantitative estimate of drug-likeness (QED) is 0.788. The predicted molar refractivity (Wildman–Crippen MR) is 102 cm³/mol. The van der Waals surface area contributed by atoms with Crippen LogP contribution >= 0.6 is 0 Å². The van der Waals surface area contributed by atoms with E-state index < -0.39 is 0 Å². The molecular weight excluding hydrogens is 346 g/mol. The van der Waals surface area contributed by atoms with Crippen LogP contribution < -0.4 is 0 Å². The highest BCUT2D eigenvalue weighted by atomic mass is 16.5. The van der Waals surface area contributed by atoms with Gasteiger partial charge in [-0.15, -0.1) is 0 Å². The van der Waals surface area contributed by atoms with Gasteiger partial charge in [0.2, 0.25) is 0 Å². The van der Waals surface area contributed by atoms with Crippen LogP contribution in [0.5, 0.6) is 0 Å². The molecule has 3 rings (SSSR count). The van der Waals surface area contributed by atoms with Crippen molar-refractivity contribution in [3.8, 4) is 0 Å². The van der Waals surface area contributed by atoms with E-state index in [9.17, 15) is 15.0 Å². The maximum Gasteiger partial charge on any atom is 0.272 e. The summed E-state index contributed by atoms with van der Waals surface area (Å²) in [6.45, 7) is 8.26. The van der Waals surface area contributed by atoms with E-state index in [4.69, 9.17) is 4.74 Å². The lowest BCUT2D eigenvalue weighted by Gasteiger charge is -2.41. The number of carbonyl (C=O) groups excluding carboxylic acids is 1. The third-order valence-electron chi connectivity index (χ3n) is 6.29. The fourth-order valence-electron chi connectivity index (χ4n) is 4.70. The molecule has 0 bridgehead atoms. The average molecular weight is 380 g/mol. The maximum absolute atomic E-state index is 13.4. The summed E-state index contributed by atoms with van der Waals surface area (Å²) in [4.78, 5) is 15.3. The predicted octanol–water partition coefficient (Wildman–Crippen LogP) is 1.91. The van der Waals surface area contributed by atoms with Gasteiger partial charge < -0.3 is 19.8 Å². The van der Waals surface area contributed by atoms with E-state index in [2.05, 4.69) is 5.10 Å². The number of likely N-dealkylation sites (tertiary alicyclic amines) is 1. The summed E-state index contributed by atoms with van der Waals surface area (Å²) in [6.07, 6.45) is 3.71. The molecule has 1 amide bonds. The van der Waals surface area contributed by atoms with Gasteiger partial charge in [-0.25, -0.2) is 0 Å². The van der Waals surface area contributed by atoms with Gasteiger partial charge in [0.15, 0.2) is 0 Å².